The van der Waals surface area contributed by atoms with E-state index >= 15 is 0 Å². The predicted molar refractivity (Wildman–Crippen MR) is 183 cm³/mol. The average molecular weight is 761 g/mol. The molecular weight excluding hydrogens is 737 g/mol. The Bertz CT molecular complexity index is 1770. The first-order valence-electron chi connectivity index (χ1n) is 14.1. The summed E-state index contributed by atoms with van der Waals surface area (Å²) in [5.74, 6) is 0.308. The van der Waals surface area contributed by atoms with Crippen LogP contribution in [0.1, 0.15) is 36.8 Å². The number of carbonyl (C=O) groups excluding carboxylic acids is 4. The standard InChI is InChI=1S/C14H11BO4S2.C9H6BBrO4S.C5H7BO2S/c1-8-4-11(20-7-8)10-2-3-12(21-10)15-9(5-13(16)18-15)6-14(17)19-15;11-7-2-1-6(16-7)10-5(3-8(12)14-10)4-9(13)15-10;1-4-2-5(6(7)8)9-3-4/h2-4,7H,5-6H2,1H3;1-2H,3-4H2;2-3,7-8H,1H3. The van der Waals surface area contributed by atoms with Crippen molar-refractivity contribution in [2.45, 2.75) is 39.5 Å². The van der Waals surface area contributed by atoms with Gasteiger partial charge in [0.2, 0.25) is 0 Å². The van der Waals surface area contributed by atoms with Crippen LogP contribution in [0.3, 0.4) is 0 Å². The van der Waals surface area contributed by atoms with E-state index in [0.717, 1.165) is 35.4 Å². The van der Waals surface area contributed by atoms with Crippen molar-refractivity contribution in [3.63, 3.8) is 0 Å². The molecular formula is C28H24B3BrO10S4. The van der Waals surface area contributed by atoms with Gasteiger partial charge in [0.05, 0.1) is 3.79 Å². The molecule has 0 bridgehead atoms. The van der Waals surface area contributed by atoms with Crippen LogP contribution in [0.4, 0.5) is 0 Å². The zero-order chi connectivity index (χ0) is 32.8. The third-order valence-electron chi connectivity index (χ3n) is 7.70. The van der Waals surface area contributed by atoms with Gasteiger partial charge in [-0.3, -0.25) is 19.2 Å². The Hall–Kier alpha value is -2.99. The summed E-state index contributed by atoms with van der Waals surface area (Å²) in [5, 5.41) is 21.2. The van der Waals surface area contributed by atoms with Crippen molar-refractivity contribution in [2.24, 2.45) is 0 Å². The fourth-order valence-electron chi connectivity index (χ4n) is 5.70. The molecule has 236 valence electrons. The monoisotopic (exact) mass is 760 g/mol. The summed E-state index contributed by atoms with van der Waals surface area (Å²) >= 11 is 9.33. The highest BCUT2D eigenvalue weighted by Crippen LogP contribution is 2.43. The molecule has 0 radical (unpaired) electrons. The van der Waals surface area contributed by atoms with Gasteiger partial charge in [0.1, 0.15) is 25.7 Å². The largest absolute Gasteiger partial charge is 0.609 e. The summed E-state index contributed by atoms with van der Waals surface area (Å²) in [7, 11) is -1.30. The molecule has 8 heterocycles. The van der Waals surface area contributed by atoms with Gasteiger partial charge >= 0.3 is 44.1 Å². The van der Waals surface area contributed by atoms with Gasteiger partial charge in [-0.25, -0.2) is 0 Å². The van der Waals surface area contributed by atoms with Crippen LogP contribution in [0, 0.1) is 25.5 Å². The Morgan fingerprint density at radius 1 is 0.696 bits per heavy atom. The van der Waals surface area contributed by atoms with Crippen LogP contribution < -0.4 is 14.3 Å². The maximum Gasteiger partial charge on any atom is 0.598 e. The molecule has 0 amide bonds. The summed E-state index contributed by atoms with van der Waals surface area (Å²) in [6, 6.07) is 11.5. The molecule has 4 aromatic heterocycles. The molecule has 4 aliphatic heterocycles. The van der Waals surface area contributed by atoms with Gasteiger partial charge in [-0.05, 0) is 85.5 Å². The third kappa shape index (κ3) is 6.44. The molecule has 0 aromatic carbocycles. The third-order valence-corrected chi connectivity index (χ3v) is 13.0. The highest BCUT2D eigenvalue weighted by atomic mass is 79.9. The van der Waals surface area contributed by atoms with E-state index in [1.165, 1.54) is 44.5 Å². The maximum absolute atomic E-state index is 11.6. The number of thiophene rings is 4. The van der Waals surface area contributed by atoms with Gasteiger partial charge in [0, 0.05) is 26.2 Å². The average Bonchev–Trinajstić information content (AvgIpc) is 3.80. The first-order chi connectivity index (χ1) is 21.9. The lowest BCUT2D eigenvalue weighted by atomic mass is 9.48. The summed E-state index contributed by atoms with van der Waals surface area (Å²) in [6.07, 6.45) is 0.774. The van der Waals surface area contributed by atoms with Crippen LogP contribution in [0.2, 0.25) is 0 Å². The molecule has 2 N–H and O–H groups in total. The fourth-order valence-corrected chi connectivity index (χ4v) is 10.3. The van der Waals surface area contributed by atoms with E-state index in [4.69, 9.17) is 28.7 Å². The van der Waals surface area contributed by atoms with Crippen LogP contribution >= 0.6 is 61.3 Å². The smallest absolute Gasteiger partial charge is 0.598 e. The van der Waals surface area contributed by atoms with Crippen molar-refractivity contribution >= 4 is 120 Å². The Balaban J connectivity index is 0.000000131. The maximum atomic E-state index is 11.6. The zero-order valence-corrected chi connectivity index (χ0v) is 29.2. The van der Waals surface area contributed by atoms with Crippen molar-refractivity contribution < 1.29 is 47.8 Å². The second-order valence-corrected chi connectivity index (χ2v) is 16.6. The minimum Gasteiger partial charge on any atom is -0.609 e. The molecule has 0 unspecified atom stereocenters. The fraction of sp³-hybridized carbons (Fsp3) is 0.214. The molecule has 4 aromatic rings. The van der Waals surface area contributed by atoms with E-state index in [2.05, 4.69) is 34.3 Å². The number of aryl methyl sites for hydroxylation is 2. The number of rotatable bonds is 4. The van der Waals surface area contributed by atoms with Gasteiger partial charge in [-0.15, -0.1) is 11.3 Å². The van der Waals surface area contributed by atoms with Crippen LogP contribution in [0.15, 0.2) is 50.9 Å². The van der Waals surface area contributed by atoms with E-state index in [9.17, 15) is 19.2 Å². The van der Waals surface area contributed by atoms with Gasteiger partial charge in [-0.1, -0.05) is 12.1 Å². The predicted octanol–water partition coefficient (Wildman–Crippen LogP) is 3.35. The van der Waals surface area contributed by atoms with Crippen LogP contribution in [-0.4, -0.2) is 54.1 Å². The van der Waals surface area contributed by atoms with E-state index in [1.807, 2.05) is 36.6 Å². The van der Waals surface area contributed by atoms with Crippen LogP contribution in [0.25, 0.3) is 9.75 Å². The van der Waals surface area contributed by atoms with Crippen molar-refractivity contribution in [3.05, 3.63) is 73.7 Å². The molecule has 4 aliphatic rings. The number of carbonyl (C=O) groups is 4. The molecule has 0 spiro atoms. The minimum atomic E-state index is -2.03. The molecule has 46 heavy (non-hydrogen) atoms. The van der Waals surface area contributed by atoms with E-state index in [-0.39, 0.29) is 49.6 Å². The molecule has 0 atom stereocenters. The zero-order valence-electron chi connectivity index (χ0n) is 24.4. The Kier molecular flexibility index (Phi) is 9.24. The lowest BCUT2D eigenvalue weighted by molar-refractivity contribution is -0.140. The molecule has 0 aliphatic carbocycles. The van der Waals surface area contributed by atoms with Gasteiger partial charge in [-0.2, -0.15) is 34.0 Å². The highest BCUT2D eigenvalue weighted by Gasteiger charge is 2.67. The van der Waals surface area contributed by atoms with Crippen LogP contribution in [-0.2, 0) is 37.8 Å². The van der Waals surface area contributed by atoms with E-state index < -0.39 is 20.2 Å². The molecule has 4 saturated heterocycles. The van der Waals surface area contributed by atoms with Gasteiger partial charge in [0.15, 0.2) is 0 Å². The summed E-state index contributed by atoms with van der Waals surface area (Å²) in [4.78, 5) is 48.1. The lowest BCUT2D eigenvalue weighted by Gasteiger charge is -2.23. The van der Waals surface area contributed by atoms with Crippen molar-refractivity contribution in [1.29, 1.82) is 0 Å². The molecule has 0 saturated carbocycles. The van der Waals surface area contributed by atoms with Crippen molar-refractivity contribution in [2.75, 3.05) is 0 Å². The summed E-state index contributed by atoms with van der Waals surface area (Å²) in [6.45, 7) is -0.0231. The SMILES string of the molecule is Cc1csc(-c2ccc([B-]34OC(=O)C[C+]3CC(=O)O4)s2)c1.Cc1csc(B(O)O)c1.O=C1C[C+]2CC(=O)O[B-]2(c2ccc(Br)s2)O1. The second-order valence-electron chi connectivity index (χ2n) is 11.1. The number of hydrogen-bond donors (Lipinski definition) is 2. The molecule has 18 heteroatoms. The van der Waals surface area contributed by atoms with Crippen LogP contribution in [0.5, 0.6) is 0 Å². The Morgan fingerprint density at radius 2 is 1.17 bits per heavy atom. The molecule has 4 fully saturated rings. The lowest BCUT2D eigenvalue weighted by Crippen LogP contribution is -2.51. The number of halogens is 1. The first-order valence-corrected chi connectivity index (χ1v) is 18.2. The van der Waals surface area contributed by atoms with E-state index in [0.29, 0.717) is 4.78 Å². The second kappa shape index (κ2) is 12.9. The van der Waals surface area contributed by atoms with Crippen molar-refractivity contribution in [1.82, 2.24) is 0 Å². The van der Waals surface area contributed by atoms with Crippen molar-refractivity contribution in [3.8, 4) is 9.75 Å². The Labute approximate surface area is 288 Å². The first kappa shape index (κ1) is 32.9. The molecule has 10 nitrogen and oxygen atoms in total. The van der Waals surface area contributed by atoms with Gasteiger partial charge < -0.3 is 28.7 Å². The molecule has 8 rings (SSSR count). The van der Waals surface area contributed by atoms with Gasteiger partial charge in [0.25, 0.3) is 0 Å². The normalized spacial score (nSPS) is 18.5. The minimum absolute atomic E-state index is 0.192. The summed E-state index contributed by atoms with van der Waals surface area (Å²) in [5.41, 5.74) is 2.29. The van der Waals surface area contributed by atoms with E-state index in [1.54, 1.807) is 17.4 Å². The number of hydrogen-bond acceptors (Lipinski definition) is 14. The topological polar surface area (TPSA) is 146 Å². The summed E-state index contributed by atoms with van der Waals surface area (Å²) < 4.78 is 24.6. The highest BCUT2D eigenvalue weighted by molar-refractivity contribution is 9.11. The Morgan fingerprint density at radius 3 is 1.57 bits per heavy atom. The quantitative estimate of drug-likeness (QED) is 0.235. The number of fused-ring (bicyclic) bond motifs is 2.